The molecule has 0 unspecified atom stereocenters. The minimum atomic E-state index is -0.245. The lowest BCUT2D eigenvalue weighted by atomic mass is 9.84. The summed E-state index contributed by atoms with van der Waals surface area (Å²) in [5.41, 5.74) is 4.40. The minimum absolute atomic E-state index is 0.0839. The van der Waals surface area contributed by atoms with Crippen molar-refractivity contribution in [3.63, 3.8) is 0 Å². The molecule has 1 aliphatic rings. The van der Waals surface area contributed by atoms with Gasteiger partial charge in [0, 0.05) is 18.4 Å². The van der Waals surface area contributed by atoms with E-state index in [-0.39, 0.29) is 17.9 Å². The van der Waals surface area contributed by atoms with Crippen LogP contribution in [-0.2, 0) is 6.42 Å². The molecule has 1 N–H and O–H groups in total. The summed E-state index contributed by atoms with van der Waals surface area (Å²) in [4.78, 5) is 4.25. The summed E-state index contributed by atoms with van der Waals surface area (Å²) in [6, 6.07) is 14.7. The molecule has 1 aliphatic heterocycles. The maximum absolute atomic E-state index is 13.4. The number of ether oxygens (including phenoxy) is 2. The molecule has 0 spiro atoms. The summed E-state index contributed by atoms with van der Waals surface area (Å²) in [6.45, 7) is 0. The van der Waals surface area contributed by atoms with Crippen molar-refractivity contribution in [3.8, 4) is 11.5 Å². The highest BCUT2D eigenvalue weighted by atomic mass is 19.1. The zero-order valence-corrected chi connectivity index (χ0v) is 15.3. The van der Waals surface area contributed by atoms with Gasteiger partial charge in [-0.05, 0) is 59.0 Å². The number of fused-ring (bicyclic) bond motifs is 1. The van der Waals surface area contributed by atoms with Crippen LogP contribution in [0.15, 0.2) is 60.9 Å². The number of rotatable bonds is 4. The lowest BCUT2D eigenvalue weighted by Crippen LogP contribution is -2.34. The van der Waals surface area contributed by atoms with E-state index in [2.05, 4.69) is 16.4 Å². The molecule has 2 atom stereocenters. The van der Waals surface area contributed by atoms with Gasteiger partial charge in [0.25, 0.3) is 0 Å². The van der Waals surface area contributed by atoms with Crippen molar-refractivity contribution in [2.75, 3.05) is 14.2 Å². The molecule has 1 aromatic heterocycles. The normalized spacial score (nSPS) is 18.6. The van der Waals surface area contributed by atoms with E-state index in [9.17, 15) is 4.39 Å². The first kappa shape index (κ1) is 17.5. The first-order valence-electron chi connectivity index (χ1n) is 8.86. The van der Waals surface area contributed by atoms with Crippen molar-refractivity contribution in [1.82, 2.24) is 10.3 Å². The van der Waals surface area contributed by atoms with Crippen LogP contribution in [-0.4, -0.2) is 19.2 Å². The summed E-state index contributed by atoms with van der Waals surface area (Å²) >= 11 is 0. The van der Waals surface area contributed by atoms with Gasteiger partial charge in [0.1, 0.15) is 5.82 Å². The van der Waals surface area contributed by atoms with Crippen molar-refractivity contribution in [1.29, 1.82) is 0 Å². The Hall–Kier alpha value is -2.92. The van der Waals surface area contributed by atoms with Crippen LogP contribution in [0, 0.1) is 5.82 Å². The van der Waals surface area contributed by atoms with Crippen LogP contribution >= 0.6 is 0 Å². The molecule has 138 valence electrons. The van der Waals surface area contributed by atoms with Crippen LogP contribution in [0.4, 0.5) is 4.39 Å². The van der Waals surface area contributed by atoms with E-state index in [0.717, 1.165) is 23.1 Å². The van der Waals surface area contributed by atoms with Crippen LogP contribution in [0.1, 0.15) is 34.3 Å². The van der Waals surface area contributed by atoms with Crippen molar-refractivity contribution in [2.24, 2.45) is 0 Å². The number of hydrogen-bond donors (Lipinski definition) is 1. The molecule has 2 aromatic carbocycles. The van der Waals surface area contributed by atoms with Gasteiger partial charge in [0.05, 0.1) is 20.3 Å². The number of halogens is 1. The molecule has 0 saturated heterocycles. The second kappa shape index (κ2) is 7.37. The Morgan fingerprint density at radius 2 is 1.74 bits per heavy atom. The topological polar surface area (TPSA) is 43.4 Å². The van der Waals surface area contributed by atoms with Gasteiger partial charge in [0.2, 0.25) is 0 Å². The standard InChI is InChI=1S/C22H21FN2O2/c1-26-20-11-16-10-19(15-4-3-9-24-13-15)25-22(18(16)12-21(20)27-2)14-5-7-17(23)8-6-14/h3-9,11-13,19,22,25H,10H2,1-2H3/t19-,22-/m0/s1. The molecule has 0 amide bonds. The Morgan fingerprint density at radius 3 is 2.41 bits per heavy atom. The summed E-state index contributed by atoms with van der Waals surface area (Å²) in [5.74, 6) is 1.15. The van der Waals surface area contributed by atoms with Gasteiger partial charge in [-0.15, -0.1) is 0 Å². The van der Waals surface area contributed by atoms with Crippen molar-refractivity contribution < 1.29 is 13.9 Å². The lowest BCUT2D eigenvalue weighted by molar-refractivity contribution is 0.351. The molecule has 0 radical (unpaired) electrons. The number of nitrogens with zero attached hydrogens (tertiary/aromatic N) is 1. The molecule has 3 aromatic rings. The highest BCUT2D eigenvalue weighted by Crippen LogP contribution is 2.41. The summed E-state index contributed by atoms with van der Waals surface area (Å²) < 4.78 is 24.4. The van der Waals surface area contributed by atoms with E-state index in [4.69, 9.17) is 9.47 Å². The van der Waals surface area contributed by atoms with Gasteiger partial charge in [0.15, 0.2) is 11.5 Å². The summed E-state index contributed by atoms with van der Waals surface area (Å²) in [7, 11) is 3.27. The fraction of sp³-hybridized carbons (Fsp3) is 0.227. The largest absolute Gasteiger partial charge is 0.493 e. The van der Waals surface area contributed by atoms with Gasteiger partial charge in [-0.2, -0.15) is 0 Å². The Kier molecular flexibility index (Phi) is 4.77. The third-order valence-electron chi connectivity index (χ3n) is 5.04. The van der Waals surface area contributed by atoms with E-state index in [1.54, 1.807) is 20.4 Å². The quantitative estimate of drug-likeness (QED) is 0.753. The highest BCUT2D eigenvalue weighted by Gasteiger charge is 2.30. The number of pyridine rings is 1. The SMILES string of the molecule is COc1cc2c(cc1OC)[C@H](c1ccc(F)cc1)N[C@H](c1cccnc1)C2. The molecule has 2 heterocycles. The van der Waals surface area contributed by atoms with Gasteiger partial charge in [-0.3, -0.25) is 10.3 Å². The third kappa shape index (κ3) is 3.38. The second-order valence-corrected chi connectivity index (χ2v) is 6.60. The van der Waals surface area contributed by atoms with Gasteiger partial charge < -0.3 is 9.47 Å². The van der Waals surface area contributed by atoms with Crippen molar-refractivity contribution >= 4 is 0 Å². The van der Waals surface area contributed by atoms with Gasteiger partial charge >= 0.3 is 0 Å². The second-order valence-electron chi connectivity index (χ2n) is 6.60. The van der Waals surface area contributed by atoms with E-state index >= 15 is 0 Å². The predicted molar refractivity (Wildman–Crippen MR) is 102 cm³/mol. The molecule has 5 heteroatoms. The fourth-order valence-corrected chi connectivity index (χ4v) is 3.68. The van der Waals surface area contributed by atoms with Crippen molar-refractivity contribution in [2.45, 2.75) is 18.5 Å². The van der Waals surface area contributed by atoms with E-state index in [1.165, 1.54) is 17.7 Å². The smallest absolute Gasteiger partial charge is 0.161 e. The van der Waals surface area contributed by atoms with Crippen molar-refractivity contribution in [3.05, 3.63) is 89.0 Å². The number of methoxy groups -OCH3 is 2. The van der Waals surface area contributed by atoms with E-state index in [1.807, 2.05) is 36.5 Å². The van der Waals surface area contributed by atoms with Crippen LogP contribution in [0.3, 0.4) is 0 Å². The number of hydrogen-bond acceptors (Lipinski definition) is 4. The first-order valence-corrected chi connectivity index (χ1v) is 8.86. The van der Waals surface area contributed by atoms with Crippen LogP contribution < -0.4 is 14.8 Å². The zero-order valence-electron chi connectivity index (χ0n) is 15.3. The molecular formula is C22H21FN2O2. The highest BCUT2D eigenvalue weighted by molar-refractivity contribution is 5.52. The Morgan fingerprint density at radius 1 is 1.00 bits per heavy atom. The minimum Gasteiger partial charge on any atom is -0.493 e. The van der Waals surface area contributed by atoms with Crippen LogP contribution in [0.25, 0.3) is 0 Å². The predicted octanol–water partition coefficient (Wildman–Crippen LogP) is 4.21. The Balaban J connectivity index is 1.82. The maximum Gasteiger partial charge on any atom is 0.161 e. The summed E-state index contributed by atoms with van der Waals surface area (Å²) in [6.07, 6.45) is 4.45. The molecular weight excluding hydrogens is 343 g/mol. The van der Waals surface area contributed by atoms with Gasteiger partial charge in [-0.1, -0.05) is 18.2 Å². The molecule has 0 aliphatic carbocycles. The van der Waals surface area contributed by atoms with Gasteiger partial charge in [-0.25, -0.2) is 4.39 Å². The first-order chi connectivity index (χ1) is 13.2. The molecule has 4 rings (SSSR count). The van der Waals surface area contributed by atoms with Crippen LogP contribution in [0.2, 0.25) is 0 Å². The zero-order chi connectivity index (χ0) is 18.8. The fourth-order valence-electron chi connectivity index (χ4n) is 3.68. The summed E-state index contributed by atoms with van der Waals surface area (Å²) in [5, 5.41) is 3.69. The molecule has 0 bridgehead atoms. The number of aromatic nitrogens is 1. The maximum atomic E-state index is 13.4. The monoisotopic (exact) mass is 364 g/mol. The number of benzene rings is 2. The Labute approximate surface area is 158 Å². The average Bonchev–Trinajstić information content (AvgIpc) is 2.73. The molecule has 27 heavy (non-hydrogen) atoms. The number of nitrogens with one attached hydrogen (secondary N) is 1. The van der Waals surface area contributed by atoms with Crippen LogP contribution in [0.5, 0.6) is 11.5 Å². The third-order valence-corrected chi connectivity index (χ3v) is 5.04. The average molecular weight is 364 g/mol. The van der Waals surface area contributed by atoms with E-state index in [0.29, 0.717) is 11.5 Å². The Bertz CT molecular complexity index is 929. The molecule has 0 fully saturated rings. The molecule has 4 nitrogen and oxygen atoms in total. The lowest BCUT2D eigenvalue weighted by Gasteiger charge is -2.34. The molecule has 0 saturated carbocycles. The van der Waals surface area contributed by atoms with E-state index < -0.39 is 0 Å².